The number of thioether (sulfide) groups is 1. The molecular weight excluding hydrogens is 615 g/mol. The molecule has 4 rings (SSSR count). The molecule has 0 atom stereocenters. The van der Waals surface area contributed by atoms with Gasteiger partial charge in [0.1, 0.15) is 13.2 Å². The molecule has 0 radical (unpaired) electrons. The van der Waals surface area contributed by atoms with E-state index in [2.05, 4.69) is 5.32 Å². The Kier molecular flexibility index (Phi) is 11.1. The largest absolute Gasteiger partial charge is 0.493 e. The lowest BCUT2D eigenvalue weighted by Gasteiger charge is -2.14. The van der Waals surface area contributed by atoms with Crippen molar-refractivity contribution in [3.05, 3.63) is 92.3 Å². The number of esters is 1. The molecular formula is C31H28Cl2N2O7S. The van der Waals surface area contributed by atoms with E-state index in [4.69, 9.17) is 37.4 Å². The number of halogens is 2. The Hall–Kier alpha value is -3.99. The summed E-state index contributed by atoms with van der Waals surface area (Å²) < 4.78 is 16.7. The van der Waals surface area contributed by atoms with Gasteiger partial charge in [0, 0.05) is 16.3 Å². The van der Waals surface area contributed by atoms with Gasteiger partial charge in [-0.25, -0.2) is 4.79 Å². The number of carbonyl (C=O) groups excluding carboxylic acids is 4. The minimum Gasteiger partial charge on any atom is -0.493 e. The Morgan fingerprint density at radius 3 is 2.53 bits per heavy atom. The summed E-state index contributed by atoms with van der Waals surface area (Å²) in [6.07, 6.45) is 3.10. The molecule has 0 saturated carbocycles. The average Bonchev–Trinajstić information content (AvgIpc) is 3.25. The van der Waals surface area contributed by atoms with Crippen LogP contribution in [0.25, 0.3) is 6.08 Å². The number of ether oxygens (including phenoxy) is 3. The molecule has 1 saturated heterocycles. The predicted molar refractivity (Wildman–Crippen MR) is 167 cm³/mol. The van der Waals surface area contributed by atoms with Crippen molar-refractivity contribution in [3.63, 3.8) is 0 Å². The fraction of sp³-hybridized carbons (Fsp3) is 0.226. The van der Waals surface area contributed by atoms with E-state index in [1.54, 1.807) is 30.3 Å². The summed E-state index contributed by atoms with van der Waals surface area (Å²) in [6, 6.07) is 16.7. The van der Waals surface area contributed by atoms with Crippen molar-refractivity contribution in [1.82, 2.24) is 4.90 Å². The van der Waals surface area contributed by atoms with Crippen LogP contribution >= 0.6 is 35.0 Å². The van der Waals surface area contributed by atoms with Crippen molar-refractivity contribution in [2.24, 2.45) is 0 Å². The molecule has 3 aromatic carbocycles. The molecule has 9 nitrogen and oxygen atoms in total. The Balaban J connectivity index is 1.45. The summed E-state index contributed by atoms with van der Waals surface area (Å²) in [5.41, 5.74) is 1.74. The minimum atomic E-state index is -0.635. The summed E-state index contributed by atoms with van der Waals surface area (Å²) in [5, 5.41) is 2.77. The number of nitrogens with one attached hydrogen (secondary N) is 1. The number of carbonyl (C=O) groups is 4. The van der Waals surface area contributed by atoms with Crippen LogP contribution in [0.4, 0.5) is 10.5 Å². The average molecular weight is 644 g/mol. The fourth-order valence-electron chi connectivity index (χ4n) is 3.97. The first-order valence-electron chi connectivity index (χ1n) is 13.3. The maximum absolute atomic E-state index is 13.2. The molecule has 1 heterocycles. The molecule has 0 aliphatic carbocycles. The van der Waals surface area contributed by atoms with E-state index < -0.39 is 29.6 Å². The second-order valence-electron chi connectivity index (χ2n) is 9.29. The number of unbranched alkanes of at least 4 members (excludes halogenated alkanes) is 1. The zero-order valence-corrected chi connectivity index (χ0v) is 25.7. The van der Waals surface area contributed by atoms with Gasteiger partial charge in [0.25, 0.3) is 11.1 Å². The first kappa shape index (κ1) is 31.9. The summed E-state index contributed by atoms with van der Waals surface area (Å²) in [5.74, 6) is -1.05. The number of para-hydroxylation sites is 1. The van der Waals surface area contributed by atoms with Gasteiger partial charge in [-0.3, -0.25) is 19.3 Å². The molecule has 0 spiro atoms. The first-order chi connectivity index (χ1) is 20.7. The van der Waals surface area contributed by atoms with E-state index in [1.165, 1.54) is 31.4 Å². The molecule has 0 bridgehead atoms. The number of hydrogen-bond donors (Lipinski definition) is 1. The quantitative estimate of drug-likeness (QED) is 0.125. The van der Waals surface area contributed by atoms with E-state index in [0.29, 0.717) is 40.3 Å². The van der Waals surface area contributed by atoms with E-state index in [0.717, 1.165) is 16.9 Å². The summed E-state index contributed by atoms with van der Waals surface area (Å²) >= 11 is 12.8. The molecule has 43 heavy (non-hydrogen) atoms. The van der Waals surface area contributed by atoms with Crippen molar-refractivity contribution in [3.8, 4) is 11.5 Å². The number of hydrogen-bond acceptors (Lipinski definition) is 8. The number of methoxy groups -OCH3 is 1. The highest BCUT2D eigenvalue weighted by atomic mass is 35.5. The first-order valence-corrected chi connectivity index (χ1v) is 14.8. The van der Waals surface area contributed by atoms with Crippen LogP contribution in [0.3, 0.4) is 0 Å². The van der Waals surface area contributed by atoms with Crippen LogP contribution in [-0.4, -0.2) is 48.2 Å². The molecule has 1 aliphatic rings. The maximum Gasteiger partial charge on any atom is 0.339 e. The Morgan fingerprint density at radius 2 is 1.81 bits per heavy atom. The zero-order chi connectivity index (χ0) is 30.9. The normalized spacial score (nSPS) is 13.8. The zero-order valence-electron chi connectivity index (χ0n) is 23.4. The van der Waals surface area contributed by atoms with Crippen LogP contribution < -0.4 is 14.8 Å². The van der Waals surface area contributed by atoms with E-state index >= 15 is 0 Å². The van der Waals surface area contributed by atoms with Crippen LogP contribution in [0.5, 0.6) is 11.5 Å². The van der Waals surface area contributed by atoms with Crippen molar-refractivity contribution < 1.29 is 33.4 Å². The van der Waals surface area contributed by atoms with Gasteiger partial charge in [-0.1, -0.05) is 60.8 Å². The molecule has 0 unspecified atom stereocenters. The van der Waals surface area contributed by atoms with Crippen molar-refractivity contribution in [2.45, 2.75) is 26.4 Å². The lowest BCUT2D eigenvalue weighted by molar-refractivity contribution is -0.127. The van der Waals surface area contributed by atoms with E-state index in [1.807, 2.05) is 19.1 Å². The molecule has 3 amide bonds. The van der Waals surface area contributed by atoms with E-state index in [9.17, 15) is 19.2 Å². The molecule has 3 aromatic rings. The maximum atomic E-state index is 13.2. The number of nitrogens with zero attached hydrogens (tertiary/aromatic N) is 1. The second kappa shape index (κ2) is 15.0. The summed E-state index contributed by atoms with van der Waals surface area (Å²) in [7, 11) is 1.50. The molecule has 1 fully saturated rings. The van der Waals surface area contributed by atoms with Gasteiger partial charge in [-0.15, -0.1) is 0 Å². The molecule has 1 N–H and O–H groups in total. The van der Waals surface area contributed by atoms with Crippen LogP contribution in [0.15, 0.2) is 65.6 Å². The smallest absolute Gasteiger partial charge is 0.339 e. The van der Waals surface area contributed by atoms with Gasteiger partial charge in [0.2, 0.25) is 5.91 Å². The van der Waals surface area contributed by atoms with E-state index in [-0.39, 0.29) is 34.4 Å². The van der Waals surface area contributed by atoms with Crippen LogP contribution in [0.1, 0.15) is 41.3 Å². The molecule has 224 valence electrons. The predicted octanol–water partition coefficient (Wildman–Crippen LogP) is 7.21. The highest BCUT2D eigenvalue weighted by molar-refractivity contribution is 8.18. The number of rotatable bonds is 12. The minimum absolute atomic E-state index is 0.0945. The number of benzene rings is 3. The molecule has 12 heteroatoms. The van der Waals surface area contributed by atoms with Crippen LogP contribution in [0.2, 0.25) is 10.0 Å². The highest BCUT2D eigenvalue weighted by Gasteiger charge is 2.36. The fourth-order valence-corrected chi connectivity index (χ4v) is 5.12. The Labute approximate surface area is 263 Å². The summed E-state index contributed by atoms with van der Waals surface area (Å²) in [6.45, 7) is 1.90. The Morgan fingerprint density at radius 1 is 1.05 bits per heavy atom. The lowest BCUT2D eigenvalue weighted by atomic mass is 10.1. The lowest BCUT2D eigenvalue weighted by Crippen LogP contribution is -2.36. The van der Waals surface area contributed by atoms with Gasteiger partial charge in [-0.05, 0) is 66.2 Å². The number of amides is 3. The SMILES string of the molecule is CCCCOC(=O)c1cc(NC(=O)CN2C(=O)S/C(=C/c3cccc(OC)c3OCc3ccc(Cl)cc3)C2=O)ccc1Cl. The van der Waals surface area contributed by atoms with Crippen LogP contribution in [-0.2, 0) is 20.9 Å². The third-order valence-electron chi connectivity index (χ3n) is 6.19. The van der Waals surface area contributed by atoms with Crippen molar-refractivity contribution >= 4 is 69.8 Å². The number of anilines is 1. The molecule has 0 aromatic heterocycles. The van der Waals surface area contributed by atoms with Crippen LogP contribution in [0, 0.1) is 0 Å². The van der Waals surface area contributed by atoms with Gasteiger partial charge >= 0.3 is 5.97 Å². The second-order valence-corrected chi connectivity index (χ2v) is 11.1. The third kappa shape index (κ3) is 8.31. The van der Waals surface area contributed by atoms with Crippen molar-refractivity contribution in [1.29, 1.82) is 0 Å². The van der Waals surface area contributed by atoms with Crippen molar-refractivity contribution in [2.75, 3.05) is 25.6 Å². The topological polar surface area (TPSA) is 111 Å². The third-order valence-corrected chi connectivity index (χ3v) is 7.68. The van der Waals surface area contributed by atoms with Gasteiger partial charge < -0.3 is 19.5 Å². The van der Waals surface area contributed by atoms with Gasteiger partial charge in [0.05, 0.1) is 29.2 Å². The monoisotopic (exact) mass is 642 g/mol. The standard InChI is InChI=1S/C31H28Cl2N2O7S/c1-3-4-14-41-30(38)23-16-22(12-13-24(23)33)34-27(36)17-35-29(37)26(43-31(35)39)15-20-6-5-7-25(40-2)28(20)42-18-19-8-10-21(32)11-9-19/h5-13,15-16H,3-4,14,17-18H2,1-2H3,(H,34,36)/b26-15+. The molecule has 1 aliphatic heterocycles. The summed E-state index contributed by atoms with van der Waals surface area (Å²) in [4.78, 5) is 52.0. The van der Waals surface area contributed by atoms with Gasteiger partial charge in [0.15, 0.2) is 11.5 Å². The highest BCUT2D eigenvalue weighted by Crippen LogP contribution is 2.38. The van der Waals surface area contributed by atoms with Gasteiger partial charge in [-0.2, -0.15) is 0 Å². The Bertz CT molecular complexity index is 1560. The number of imide groups is 1.